The summed E-state index contributed by atoms with van der Waals surface area (Å²) in [4.78, 5) is 20.5. The summed E-state index contributed by atoms with van der Waals surface area (Å²) in [6.07, 6.45) is 0. The van der Waals surface area contributed by atoms with E-state index in [2.05, 4.69) is 4.74 Å². The van der Waals surface area contributed by atoms with Crippen molar-refractivity contribution in [1.29, 1.82) is 5.26 Å². The monoisotopic (exact) mass is 157 g/mol. The number of ether oxygens (including phenoxy) is 1. The van der Waals surface area contributed by atoms with Crippen LogP contribution in [0.25, 0.3) is 0 Å². The average Bonchev–Trinajstić information content (AvgIpc) is 2.04. The van der Waals surface area contributed by atoms with Gasteiger partial charge in [0.15, 0.2) is 5.78 Å². The predicted molar refractivity (Wildman–Crippen MR) is 33.5 cm³/mol. The minimum atomic E-state index is -0.740. The zero-order valence-corrected chi connectivity index (χ0v) is 5.74. The van der Waals surface area contributed by atoms with Gasteiger partial charge in [0.05, 0.1) is 0 Å². The highest BCUT2D eigenvalue weighted by Gasteiger charge is 2.02. The Morgan fingerprint density at radius 3 is 2.55 bits per heavy atom. The molecule has 0 aromatic rings. The van der Waals surface area contributed by atoms with E-state index in [1.807, 2.05) is 0 Å². The van der Waals surface area contributed by atoms with Gasteiger partial charge >= 0.3 is 0 Å². The van der Waals surface area contributed by atoms with E-state index in [4.69, 9.17) is 10.4 Å². The average molecular weight is 157 g/mol. The van der Waals surface area contributed by atoms with Gasteiger partial charge in [-0.3, -0.25) is 9.59 Å². The molecular formula is C6H7NO4. The topological polar surface area (TPSA) is 87.4 Å². The Bertz CT molecular complexity index is 193. The second-order valence-corrected chi connectivity index (χ2v) is 1.72. The fourth-order valence-corrected chi connectivity index (χ4v) is 0.335. The molecule has 0 fully saturated rings. The number of carbonyl (C=O) groups is 2. The molecule has 11 heavy (non-hydrogen) atoms. The lowest BCUT2D eigenvalue weighted by Crippen LogP contribution is -2.16. The van der Waals surface area contributed by atoms with Gasteiger partial charge < -0.3 is 9.84 Å². The van der Waals surface area contributed by atoms with Crippen molar-refractivity contribution in [3.8, 4) is 6.07 Å². The zero-order valence-electron chi connectivity index (χ0n) is 5.74. The van der Waals surface area contributed by atoms with E-state index in [0.29, 0.717) is 0 Å². The predicted octanol–water partition coefficient (Wildman–Crippen LogP) is -1.34. The highest BCUT2D eigenvalue weighted by Crippen LogP contribution is 1.77. The normalized spacial score (nSPS) is 8.73. The van der Waals surface area contributed by atoms with Crippen molar-refractivity contribution in [2.24, 2.45) is 0 Å². The molecule has 0 unspecified atom stereocenters. The maximum Gasteiger partial charge on any atom is 0.257 e. The Morgan fingerprint density at radius 1 is 1.45 bits per heavy atom. The molecule has 0 aromatic carbocycles. The SMILES string of the molecule is N#CC(=O)COCC(=O)CO. The number of aliphatic hydroxyl groups is 1. The maximum absolute atomic E-state index is 10.3. The quantitative estimate of drug-likeness (QED) is 0.499. The van der Waals surface area contributed by atoms with Gasteiger partial charge in [0.25, 0.3) is 5.78 Å². The van der Waals surface area contributed by atoms with Crippen molar-refractivity contribution in [2.75, 3.05) is 19.8 Å². The molecule has 0 aromatic heterocycles. The number of rotatable bonds is 5. The lowest BCUT2D eigenvalue weighted by Gasteiger charge is -1.95. The van der Waals surface area contributed by atoms with E-state index in [9.17, 15) is 9.59 Å². The summed E-state index contributed by atoms with van der Waals surface area (Å²) in [6.45, 7) is -1.34. The zero-order chi connectivity index (χ0) is 8.69. The number of aliphatic hydroxyl groups excluding tert-OH is 1. The molecule has 0 heterocycles. The van der Waals surface area contributed by atoms with Gasteiger partial charge in [0, 0.05) is 0 Å². The Morgan fingerprint density at radius 2 is 2.09 bits per heavy atom. The molecule has 0 bridgehead atoms. The molecule has 5 nitrogen and oxygen atoms in total. The fourth-order valence-electron chi connectivity index (χ4n) is 0.335. The highest BCUT2D eigenvalue weighted by atomic mass is 16.5. The highest BCUT2D eigenvalue weighted by molar-refractivity contribution is 5.94. The number of hydrogen-bond acceptors (Lipinski definition) is 5. The van der Waals surface area contributed by atoms with Gasteiger partial charge in [0.1, 0.15) is 25.9 Å². The van der Waals surface area contributed by atoms with Crippen molar-refractivity contribution < 1.29 is 19.4 Å². The molecule has 0 aliphatic heterocycles. The number of nitrogens with zero attached hydrogens (tertiary/aromatic N) is 1. The van der Waals surface area contributed by atoms with Crippen molar-refractivity contribution >= 4 is 11.6 Å². The van der Waals surface area contributed by atoms with Crippen molar-refractivity contribution in [3.63, 3.8) is 0 Å². The molecule has 0 saturated heterocycles. The van der Waals surface area contributed by atoms with Crippen LogP contribution in [0.15, 0.2) is 0 Å². The minimum Gasteiger partial charge on any atom is -0.388 e. The van der Waals surface area contributed by atoms with Crippen LogP contribution in [0, 0.1) is 11.3 Å². The molecule has 60 valence electrons. The summed E-state index contributed by atoms with van der Waals surface area (Å²) in [5, 5.41) is 16.1. The summed E-state index contributed by atoms with van der Waals surface area (Å²) in [6, 6.07) is 1.32. The van der Waals surface area contributed by atoms with Gasteiger partial charge in [-0.15, -0.1) is 0 Å². The largest absolute Gasteiger partial charge is 0.388 e. The number of nitriles is 1. The molecule has 0 amide bonds. The molecule has 1 N–H and O–H groups in total. The molecule has 0 aliphatic carbocycles. The third kappa shape index (κ3) is 5.21. The van der Waals surface area contributed by atoms with E-state index in [0.717, 1.165) is 0 Å². The smallest absolute Gasteiger partial charge is 0.257 e. The summed E-state index contributed by atoms with van der Waals surface area (Å²) < 4.78 is 4.46. The Labute approximate surface area is 63.2 Å². The summed E-state index contributed by atoms with van der Waals surface area (Å²) in [7, 11) is 0. The van der Waals surface area contributed by atoms with E-state index < -0.39 is 24.8 Å². The maximum atomic E-state index is 10.3. The van der Waals surface area contributed by atoms with Gasteiger partial charge in [-0.2, -0.15) is 5.26 Å². The first-order valence-corrected chi connectivity index (χ1v) is 2.84. The second-order valence-electron chi connectivity index (χ2n) is 1.72. The van der Waals surface area contributed by atoms with Crippen LogP contribution in [-0.4, -0.2) is 36.5 Å². The van der Waals surface area contributed by atoms with E-state index >= 15 is 0 Å². The van der Waals surface area contributed by atoms with E-state index in [1.165, 1.54) is 6.07 Å². The summed E-state index contributed by atoms with van der Waals surface area (Å²) >= 11 is 0. The van der Waals surface area contributed by atoms with Crippen molar-refractivity contribution in [1.82, 2.24) is 0 Å². The summed E-state index contributed by atoms with van der Waals surface area (Å²) in [5.41, 5.74) is 0. The van der Waals surface area contributed by atoms with Gasteiger partial charge in [-0.1, -0.05) is 0 Å². The lowest BCUT2D eigenvalue weighted by molar-refractivity contribution is -0.128. The lowest BCUT2D eigenvalue weighted by atomic mass is 10.4. The fraction of sp³-hybridized carbons (Fsp3) is 0.500. The van der Waals surface area contributed by atoms with Gasteiger partial charge in [-0.25, -0.2) is 0 Å². The van der Waals surface area contributed by atoms with Crippen LogP contribution in [0.4, 0.5) is 0 Å². The number of Topliss-reactive ketones (excluding diaryl/α,β-unsaturated/α-hetero) is 2. The first-order chi connectivity index (χ1) is 5.20. The van der Waals surface area contributed by atoms with Crippen LogP contribution in [-0.2, 0) is 14.3 Å². The second kappa shape index (κ2) is 5.53. The van der Waals surface area contributed by atoms with Crippen molar-refractivity contribution in [3.05, 3.63) is 0 Å². The van der Waals surface area contributed by atoms with E-state index in [1.54, 1.807) is 0 Å². The van der Waals surface area contributed by atoms with Crippen LogP contribution < -0.4 is 0 Å². The van der Waals surface area contributed by atoms with E-state index in [-0.39, 0.29) is 6.61 Å². The molecule has 0 aliphatic rings. The van der Waals surface area contributed by atoms with Crippen LogP contribution in [0.3, 0.4) is 0 Å². The molecule has 0 saturated carbocycles. The first-order valence-electron chi connectivity index (χ1n) is 2.84. The molecule has 5 heteroatoms. The van der Waals surface area contributed by atoms with Crippen LogP contribution in [0.5, 0.6) is 0 Å². The number of hydrogen-bond donors (Lipinski definition) is 1. The molecule has 0 spiro atoms. The first kappa shape index (κ1) is 9.75. The molecule has 0 radical (unpaired) electrons. The molecule has 0 atom stereocenters. The third-order valence-corrected chi connectivity index (χ3v) is 0.797. The molecule has 0 rings (SSSR count). The standard InChI is InChI=1S/C6H7NO4/c7-1-5(9)3-11-4-6(10)2-8/h8H,2-4H2. The Balaban J connectivity index is 3.36. The third-order valence-electron chi connectivity index (χ3n) is 0.797. The van der Waals surface area contributed by atoms with Gasteiger partial charge in [-0.05, 0) is 0 Å². The van der Waals surface area contributed by atoms with Crippen LogP contribution in [0.2, 0.25) is 0 Å². The molecular weight excluding hydrogens is 150 g/mol. The Kier molecular flexibility index (Phi) is 4.90. The van der Waals surface area contributed by atoms with Gasteiger partial charge in [0.2, 0.25) is 0 Å². The van der Waals surface area contributed by atoms with Crippen LogP contribution in [0.1, 0.15) is 0 Å². The number of ketones is 2. The van der Waals surface area contributed by atoms with Crippen LogP contribution >= 0.6 is 0 Å². The minimum absolute atomic E-state index is 0.329. The Hall–Kier alpha value is -1.25. The number of carbonyl (C=O) groups excluding carboxylic acids is 2. The summed E-state index contributed by atoms with van der Waals surface area (Å²) in [5.74, 6) is -1.26. The van der Waals surface area contributed by atoms with Crippen molar-refractivity contribution in [2.45, 2.75) is 0 Å².